The number of aryl methyl sites for hydroxylation is 1. The second-order valence-corrected chi connectivity index (χ2v) is 7.82. The smallest absolute Gasteiger partial charge is 0.245 e. The number of amides is 2. The number of piperazine rings is 1. The highest BCUT2D eigenvalue weighted by atomic mass is 16.2. The summed E-state index contributed by atoms with van der Waals surface area (Å²) < 4.78 is 0. The standard InChI is InChI=1S/C22H27N5O2/c1-15-4-2-3-5-18(15)20(23)21(28)25-17-8-9-19(24-14-17)26-10-12-27(13-11-26)22(29)16-6-7-16/h2-5,8-9,14,16,20H,6-7,10-13,23H2,1H3,(H,25,28). The van der Waals surface area contributed by atoms with Gasteiger partial charge in [-0.05, 0) is 43.0 Å². The van der Waals surface area contributed by atoms with Crippen molar-refractivity contribution >= 4 is 23.3 Å². The molecular weight excluding hydrogens is 366 g/mol. The lowest BCUT2D eigenvalue weighted by Gasteiger charge is -2.35. The minimum absolute atomic E-state index is 0.263. The Bertz CT molecular complexity index is 886. The van der Waals surface area contributed by atoms with Crippen LogP contribution in [0.3, 0.4) is 0 Å². The highest BCUT2D eigenvalue weighted by Gasteiger charge is 2.34. The van der Waals surface area contributed by atoms with Crippen molar-refractivity contribution in [3.8, 4) is 0 Å². The number of benzene rings is 1. The number of hydrogen-bond acceptors (Lipinski definition) is 5. The van der Waals surface area contributed by atoms with Crippen LogP contribution in [0.2, 0.25) is 0 Å². The van der Waals surface area contributed by atoms with Gasteiger partial charge in [0.1, 0.15) is 11.9 Å². The Kier molecular flexibility index (Phi) is 5.49. The molecule has 0 bridgehead atoms. The first kappa shape index (κ1) is 19.4. The molecule has 1 atom stereocenters. The molecule has 1 aliphatic carbocycles. The molecule has 3 N–H and O–H groups in total. The van der Waals surface area contributed by atoms with Crippen molar-refractivity contribution in [2.45, 2.75) is 25.8 Å². The van der Waals surface area contributed by atoms with Gasteiger partial charge in [0.2, 0.25) is 11.8 Å². The molecule has 1 aromatic carbocycles. The zero-order chi connectivity index (χ0) is 20.4. The van der Waals surface area contributed by atoms with Crippen molar-refractivity contribution in [1.82, 2.24) is 9.88 Å². The maximum Gasteiger partial charge on any atom is 0.245 e. The number of nitrogens with zero attached hydrogens (tertiary/aromatic N) is 3. The van der Waals surface area contributed by atoms with Crippen LogP contribution in [0.1, 0.15) is 30.0 Å². The summed E-state index contributed by atoms with van der Waals surface area (Å²) in [6, 6.07) is 10.6. The van der Waals surface area contributed by atoms with Crippen LogP contribution in [0.4, 0.5) is 11.5 Å². The molecule has 2 heterocycles. The van der Waals surface area contributed by atoms with E-state index >= 15 is 0 Å². The Morgan fingerprint density at radius 1 is 1.10 bits per heavy atom. The van der Waals surface area contributed by atoms with Gasteiger partial charge in [-0.3, -0.25) is 9.59 Å². The van der Waals surface area contributed by atoms with E-state index in [2.05, 4.69) is 15.2 Å². The van der Waals surface area contributed by atoms with Crippen LogP contribution >= 0.6 is 0 Å². The summed E-state index contributed by atoms with van der Waals surface area (Å²) in [5.74, 6) is 1.17. The van der Waals surface area contributed by atoms with Crippen LogP contribution in [0, 0.1) is 12.8 Å². The molecule has 2 aliphatic rings. The molecule has 1 saturated carbocycles. The number of carbonyl (C=O) groups is 2. The van der Waals surface area contributed by atoms with Crippen LogP contribution in [0.5, 0.6) is 0 Å². The van der Waals surface area contributed by atoms with E-state index < -0.39 is 6.04 Å². The molecule has 1 aliphatic heterocycles. The lowest BCUT2D eigenvalue weighted by atomic mass is 10.0. The molecule has 2 fully saturated rings. The quantitative estimate of drug-likeness (QED) is 0.812. The molecule has 1 saturated heterocycles. The van der Waals surface area contributed by atoms with Gasteiger partial charge in [0.05, 0.1) is 11.9 Å². The first-order valence-corrected chi connectivity index (χ1v) is 10.1. The van der Waals surface area contributed by atoms with Gasteiger partial charge in [0.25, 0.3) is 0 Å². The predicted octanol–water partition coefficient (Wildman–Crippen LogP) is 2.09. The molecule has 4 rings (SSSR count). The van der Waals surface area contributed by atoms with Gasteiger partial charge in [-0.1, -0.05) is 24.3 Å². The molecule has 7 nitrogen and oxygen atoms in total. The maximum atomic E-state index is 12.5. The minimum Gasteiger partial charge on any atom is -0.353 e. The van der Waals surface area contributed by atoms with Crippen LogP contribution in [-0.4, -0.2) is 47.9 Å². The zero-order valence-electron chi connectivity index (χ0n) is 16.7. The first-order chi connectivity index (χ1) is 14.0. The van der Waals surface area contributed by atoms with Gasteiger partial charge < -0.3 is 20.9 Å². The third-order valence-electron chi connectivity index (χ3n) is 5.66. The Hall–Kier alpha value is -2.93. The lowest BCUT2D eigenvalue weighted by molar-refractivity contribution is -0.132. The molecule has 1 unspecified atom stereocenters. The number of carbonyl (C=O) groups excluding carboxylic acids is 2. The number of anilines is 2. The van der Waals surface area contributed by atoms with Crippen LogP contribution in [0.15, 0.2) is 42.6 Å². The van der Waals surface area contributed by atoms with E-state index in [-0.39, 0.29) is 11.8 Å². The number of pyridine rings is 1. The van der Waals surface area contributed by atoms with E-state index in [4.69, 9.17) is 5.73 Å². The molecule has 0 spiro atoms. The van der Waals surface area contributed by atoms with Crippen LogP contribution in [0.25, 0.3) is 0 Å². The van der Waals surface area contributed by atoms with E-state index in [9.17, 15) is 9.59 Å². The molecule has 2 aromatic rings. The molecule has 29 heavy (non-hydrogen) atoms. The van der Waals surface area contributed by atoms with Crippen molar-refractivity contribution in [3.05, 3.63) is 53.7 Å². The van der Waals surface area contributed by atoms with E-state index in [1.807, 2.05) is 48.2 Å². The summed E-state index contributed by atoms with van der Waals surface area (Å²) in [7, 11) is 0. The third kappa shape index (κ3) is 4.40. The van der Waals surface area contributed by atoms with Gasteiger partial charge >= 0.3 is 0 Å². The van der Waals surface area contributed by atoms with Gasteiger partial charge in [-0.25, -0.2) is 4.98 Å². The number of rotatable bonds is 5. The summed E-state index contributed by atoms with van der Waals surface area (Å²) in [5, 5.41) is 2.84. The Balaban J connectivity index is 1.33. The fraction of sp³-hybridized carbons (Fsp3) is 0.409. The number of nitrogens with one attached hydrogen (secondary N) is 1. The topological polar surface area (TPSA) is 91.6 Å². The average Bonchev–Trinajstić information content (AvgIpc) is 3.59. The number of aromatic nitrogens is 1. The van der Waals surface area contributed by atoms with Gasteiger partial charge in [0.15, 0.2) is 0 Å². The van der Waals surface area contributed by atoms with Gasteiger partial charge in [-0.15, -0.1) is 0 Å². The predicted molar refractivity (Wildman–Crippen MR) is 112 cm³/mol. The average molecular weight is 393 g/mol. The van der Waals surface area contributed by atoms with Gasteiger partial charge in [0, 0.05) is 32.1 Å². The molecule has 1 aromatic heterocycles. The summed E-state index contributed by atoms with van der Waals surface area (Å²) in [6.07, 6.45) is 3.74. The molecule has 152 valence electrons. The van der Waals surface area contributed by atoms with Crippen LogP contribution in [-0.2, 0) is 9.59 Å². The second-order valence-electron chi connectivity index (χ2n) is 7.82. The summed E-state index contributed by atoms with van der Waals surface area (Å²) in [4.78, 5) is 33.3. The van der Waals surface area contributed by atoms with E-state index in [0.717, 1.165) is 56.0 Å². The van der Waals surface area contributed by atoms with Crippen molar-refractivity contribution < 1.29 is 9.59 Å². The Labute approximate surface area is 170 Å². The van der Waals surface area contributed by atoms with E-state index in [0.29, 0.717) is 11.6 Å². The number of hydrogen-bond donors (Lipinski definition) is 2. The Morgan fingerprint density at radius 3 is 2.45 bits per heavy atom. The largest absolute Gasteiger partial charge is 0.353 e. The normalized spacial score (nSPS) is 17.7. The van der Waals surface area contributed by atoms with E-state index in [1.165, 1.54) is 0 Å². The monoisotopic (exact) mass is 393 g/mol. The highest BCUT2D eigenvalue weighted by molar-refractivity contribution is 5.95. The summed E-state index contributed by atoms with van der Waals surface area (Å²) in [6.45, 7) is 4.96. The van der Waals surface area contributed by atoms with Crippen molar-refractivity contribution in [2.24, 2.45) is 11.7 Å². The molecule has 2 amide bonds. The van der Waals surface area contributed by atoms with Crippen molar-refractivity contribution in [2.75, 3.05) is 36.4 Å². The molecule has 7 heteroatoms. The summed E-state index contributed by atoms with van der Waals surface area (Å²) in [5.41, 5.74) is 8.54. The molecular formula is C22H27N5O2. The Morgan fingerprint density at radius 2 is 1.83 bits per heavy atom. The van der Waals surface area contributed by atoms with Crippen molar-refractivity contribution in [3.63, 3.8) is 0 Å². The minimum atomic E-state index is -0.729. The lowest BCUT2D eigenvalue weighted by Crippen LogP contribution is -2.49. The highest BCUT2D eigenvalue weighted by Crippen LogP contribution is 2.31. The zero-order valence-corrected chi connectivity index (χ0v) is 16.7. The fourth-order valence-electron chi connectivity index (χ4n) is 3.69. The van der Waals surface area contributed by atoms with Crippen molar-refractivity contribution in [1.29, 1.82) is 0 Å². The molecule has 0 radical (unpaired) electrons. The SMILES string of the molecule is Cc1ccccc1C(N)C(=O)Nc1ccc(N2CCN(C(=O)C3CC3)CC2)nc1. The number of nitrogens with two attached hydrogens (primary N) is 1. The van der Waals surface area contributed by atoms with Gasteiger partial charge in [-0.2, -0.15) is 0 Å². The maximum absolute atomic E-state index is 12.5. The fourth-order valence-corrected chi connectivity index (χ4v) is 3.69. The third-order valence-corrected chi connectivity index (χ3v) is 5.66. The summed E-state index contributed by atoms with van der Waals surface area (Å²) >= 11 is 0. The first-order valence-electron chi connectivity index (χ1n) is 10.1. The van der Waals surface area contributed by atoms with Crippen LogP contribution < -0.4 is 16.0 Å². The second kappa shape index (κ2) is 8.21. The van der Waals surface area contributed by atoms with E-state index in [1.54, 1.807) is 6.20 Å².